The van der Waals surface area contributed by atoms with Gasteiger partial charge in [0, 0.05) is 5.69 Å². The van der Waals surface area contributed by atoms with Crippen LogP contribution in [0.2, 0.25) is 0 Å². The topological polar surface area (TPSA) is 26.0 Å². The highest BCUT2D eigenvalue weighted by molar-refractivity contribution is 7.99. The monoisotopic (exact) mass is 275 g/mol. The number of rotatable bonds is 2. The molecule has 0 amide bonds. The number of thioether (sulfide) groups is 1. The van der Waals surface area contributed by atoms with E-state index < -0.39 is 11.7 Å². The Labute approximate surface area is 109 Å². The summed E-state index contributed by atoms with van der Waals surface area (Å²) in [6.07, 6.45) is -1.56. The van der Waals surface area contributed by atoms with Crippen molar-refractivity contribution >= 4 is 17.4 Å². The van der Waals surface area contributed by atoms with Gasteiger partial charge in [-0.1, -0.05) is 12.1 Å². The standard InChI is InChI=1S/C13H16F3NS/c14-13(15,16)11-3-1-2-10(12(11)17)8-9-4-6-18-7-5-9/h1-3,9H,4-8,17H2. The highest BCUT2D eigenvalue weighted by Gasteiger charge is 2.33. The smallest absolute Gasteiger partial charge is 0.398 e. The Balaban J connectivity index is 2.18. The molecule has 18 heavy (non-hydrogen) atoms. The predicted octanol–water partition coefficient (Wildman–Crippen LogP) is 3.97. The summed E-state index contributed by atoms with van der Waals surface area (Å²) in [4.78, 5) is 0. The molecule has 0 spiro atoms. The molecule has 1 aromatic carbocycles. The van der Waals surface area contributed by atoms with Gasteiger partial charge in [-0.25, -0.2) is 0 Å². The van der Waals surface area contributed by atoms with Crippen LogP contribution >= 0.6 is 11.8 Å². The van der Waals surface area contributed by atoms with Gasteiger partial charge in [0.25, 0.3) is 0 Å². The average Bonchev–Trinajstić information content (AvgIpc) is 2.32. The molecule has 1 nitrogen and oxygen atoms in total. The van der Waals surface area contributed by atoms with Crippen LogP contribution in [-0.4, -0.2) is 11.5 Å². The maximum Gasteiger partial charge on any atom is 0.418 e. The molecule has 0 atom stereocenters. The lowest BCUT2D eigenvalue weighted by atomic mass is 9.92. The van der Waals surface area contributed by atoms with Gasteiger partial charge in [-0.05, 0) is 48.3 Å². The van der Waals surface area contributed by atoms with Crippen LogP contribution in [-0.2, 0) is 12.6 Å². The van der Waals surface area contributed by atoms with Gasteiger partial charge >= 0.3 is 6.18 Å². The minimum atomic E-state index is -4.36. The van der Waals surface area contributed by atoms with E-state index in [-0.39, 0.29) is 5.69 Å². The molecule has 5 heteroatoms. The number of para-hydroxylation sites is 1. The lowest BCUT2D eigenvalue weighted by Crippen LogP contribution is -2.15. The fourth-order valence-electron chi connectivity index (χ4n) is 2.30. The number of hydrogen-bond donors (Lipinski definition) is 1. The van der Waals surface area contributed by atoms with E-state index in [0.29, 0.717) is 17.9 Å². The molecule has 2 rings (SSSR count). The molecule has 1 saturated heterocycles. The van der Waals surface area contributed by atoms with E-state index in [1.807, 2.05) is 11.8 Å². The lowest BCUT2D eigenvalue weighted by molar-refractivity contribution is -0.136. The Morgan fingerprint density at radius 2 is 1.89 bits per heavy atom. The molecule has 0 saturated carbocycles. The van der Waals surface area contributed by atoms with E-state index in [1.54, 1.807) is 6.07 Å². The molecule has 1 heterocycles. The van der Waals surface area contributed by atoms with Crippen LogP contribution in [0.3, 0.4) is 0 Å². The van der Waals surface area contributed by atoms with E-state index in [4.69, 9.17) is 5.73 Å². The van der Waals surface area contributed by atoms with Crippen LogP contribution in [0.25, 0.3) is 0 Å². The van der Waals surface area contributed by atoms with Gasteiger partial charge in [0.05, 0.1) is 5.56 Å². The summed E-state index contributed by atoms with van der Waals surface area (Å²) < 4.78 is 38.2. The van der Waals surface area contributed by atoms with Crippen molar-refractivity contribution in [2.75, 3.05) is 17.2 Å². The first-order valence-electron chi connectivity index (χ1n) is 6.01. The summed E-state index contributed by atoms with van der Waals surface area (Å²) in [5.41, 5.74) is 5.50. The largest absolute Gasteiger partial charge is 0.418 e. The Bertz CT molecular complexity index is 411. The van der Waals surface area contributed by atoms with E-state index in [9.17, 15) is 13.2 Å². The van der Waals surface area contributed by atoms with E-state index >= 15 is 0 Å². The molecule has 1 aliphatic heterocycles. The van der Waals surface area contributed by atoms with Crippen LogP contribution in [0, 0.1) is 5.92 Å². The third-order valence-corrected chi connectivity index (χ3v) is 4.40. The average molecular weight is 275 g/mol. The molecule has 0 radical (unpaired) electrons. The molecule has 1 aliphatic rings. The molecular weight excluding hydrogens is 259 g/mol. The Hall–Kier alpha value is -0.840. The fourth-order valence-corrected chi connectivity index (χ4v) is 3.50. The van der Waals surface area contributed by atoms with Gasteiger partial charge in [0.15, 0.2) is 0 Å². The van der Waals surface area contributed by atoms with Gasteiger partial charge in [0.1, 0.15) is 0 Å². The van der Waals surface area contributed by atoms with Crippen molar-refractivity contribution in [2.45, 2.75) is 25.4 Å². The third kappa shape index (κ3) is 3.13. The summed E-state index contributed by atoms with van der Waals surface area (Å²) in [6.45, 7) is 0. The molecule has 2 N–H and O–H groups in total. The van der Waals surface area contributed by atoms with Crippen LogP contribution < -0.4 is 5.73 Å². The van der Waals surface area contributed by atoms with Crippen LogP contribution in [0.15, 0.2) is 18.2 Å². The first-order valence-corrected chi connectivity index (χ1v) is 7.16. The lowest BCUT2D eigenvalue weighted by Gasteiger charge is -2.22. The van der Waals surface area contributed by atoms with Crippen molar-refractivity contribution in [2.24, 2.45) is 5.92 Å². The Kier molecular flexibility index (Phi) is 4.10. The van der Waals surface area contributed by atoms with Crippen molar-refractivity contribution < 1.29 is 13.2 Å². The predicted molar refractivity (Wildman–Crippen MR) is 69.6 cm³/mol. The highest BCUT2D eigenvalue weighted by atomic mass is 32.2. The quantitative estimate of drug-likeness (QED) is 0.826. The summed E-state index contributed by atoms with van der Waals surface area (Å²) in [6, 6.07) is 4.22. The van der Waals surface area contributed by atoms with Gasteiger partial charge in [-0.15, -0.1) is 0 Å². The van der Waals surface area contributed by atoms with Crippen molar-refractivity contribution in [3.8, 4) is 0 Å². The first-order chi connectivity index (χ1) is 8.48. The maximum absolute atomic E-state index is 12.7. The summed E-state index contributed by atoms with van der Waals surface area (Å²) in [5, 5.41) is 0. The second-order valence-electron chi connectivity index (χ2n) is 4.64. The zero-order valence-electron chi connectivity index (χ0n) is 9.96. The van der Waals surface area contributed by atoms with Crippen molar-refractivity contribution in [3.63, 3.8) is 0 Å². The summed E-state index contributed by atoms with van der Waals surface area (Å²) in [5.74, 6) is 2.67. The summed E-state index contributed by atoms with van der Waals surface area (Å²) >= 11 is 1.91. The minimum absolute atomic E-state index is 0.0942. The maximum atomic E-state index is 12.7. The van der Waals surface area contributed by atoms with Gasteiger partial charge < -0.3 is 5.73 Å². The second-order valence-corrected chi connectivity index (χ2v) is 5.86. The second kappa shape index (κ2) is 5.43. The SMILES string of the molecule is Nc1c(CC2CCSCC2)cccc1C(F)(F)F. The molecule has 0 unspecified atom stereocenters. The normalized spacial score (nSPS) is 17.9. The zero-order chi connectivity index (χ0) is 13.2. The van der Waals surface area contributed by atoms with Crippen LogP contribution in [0.5, 0.6) is 0 Å². The van der Waals surface area contributed by atoms with Crippen molar-refractivity contribution in [1.29, 1.82) is 0 Å². The first kappa shape index (κ1) is 13.6. The molecule has 1 fully saturated rings. The molecule has 0 aromatic heterocycles. The van der Waals surface area contributed by atoms with Gasteiger partial charge in [-0.3, -0.25) is 0 Å². The number of anilines is 1. The molecule has 100 valence electrons. The van der Waals surface area contributed by atoms with E-state index in [2.05, 4.69) is 0 Å². The van der Waals surface area contributed by atoms with Gasteiger partial charge in [0.2, 0.25) is 0 Å². The van der Waals surface area contributed by atoms with Crippen molar-refractivity contribution in [3.05, 3.63) is 29.3 Å². The summed E-state index contributed by atoms with van der Waals surface area (Å²) in [7, 11) is 0. The van der Waals surface area contributed by atoms with E-state index in [0.717, 1.165) is 30.4 Å². The fraction of sp³-hybridized carbons (Fsp3) is 0.538. The molecule has 1 aromatic rings. The van der Waals surface area contributed by atoms with Crippen LogP contribution in [0.1, 0.15) is 24.0 Å². The zero-order valence-corrected chi connectivity index (χ0v) is 10.8. The Morgan fingerprint density at radius 3 is 2.50 bits per heavy atom. The molecule has 0 bridgehead atoms. The van der Waals surface area contributed by atoms with Gasteiger partial charge in [-0.2, -0.15) is 24.9 Å². The number of nitrogens with two attached hydrogens (primary N) is 1. The van der Waals surface area contributed by atoms with E-state index in [1.165, 1.54) is 6.07 Å². The highest BCUT2D eigenvalue weighted by Crippen LogP contribution is 2.36. The number of benzene rings is 1. The molecule has 0 aliphatic carbocycles. The number of halogens is 3. The number of alkyl halides is 3. The van der Waals surface area contributed by atoms with Crippen molar-refractivity contribution in [1.82, 2.24) is 0 Å². The Morgan fingerprint density at radius 1 is 1.22 bits per heavy atom. The number of nitrogen functional groups attached to an aromatic ring is 1. The third-order valence-electron chi connectivity index (χ3n) is 3.35. The van der Waals surface area contributed by atoms with Crippen LogP contribution in [0.4, 0.5) is 18.9 Å². The number of hydrogen-bond acceptors (Lipinski definition) is 2. The molecular formula is C13H16F3NS. The minimum Gasteiger partial charge on any atom is -0.398 e.